The Kier molecular flexibility index (Phi) is 3.99. The van der Waals surface area contributed by atoms with Crippen LogP contribution in [0.3, 0.4) is 0 Å². The Labute approximate surface area is 86.2 Å². The van der Waals surface area contributed by atoms with E-state index in [1.807, 2.05) is 12.1 Å². The van der Waals surface area contributed by atoms with Crippen molar-refractivity contribution in [3.63, 3.8) is 0 Å². The number of rotatable bonds is 4. The number of hydrogen-bond acceptors (Lipinski definition) is 1. The van der Waals surface area contributed by atoms with Gasteiger partial charge < -0.3 is 5.32 Å². The Balaban J connectivity index is 2.77. The van der Waals surface area contributed by atoms with Crippen molar-refractivity contribution in [1.29, 1.82) is 0 Å². The fourth-order valence-electron chi connectivity index (χ4n) is 1.29. The maximum absolute atomic E-state index is 3.77. The smallest absolute Gasteiger partial charge is 0.0386 e. The Morgan fingerprint density at radius 1 is 1.50 bits per heavy atom. The van der Waals surface area contributed by atoms with Crippen LogP contribution >= 0.6 is 0 Å². The first-order valence-electron chi connectivity index (χ1n) is 4.92. The van der Waals surface area contributed by atoms with E-state index < -0.39 is 0 Å². The standard InChI is InChI=1S/C13H17N/c1-4-7-12(5-2)14-13-9-6-8-11(3)10-13/h5-10,14H,2,4H2,1,3H3/b12-7-. The number of aryl methyl sites for hydroxylation is 1. The minimum absolute atomic E-state index is 1.01. The lowest BCUT2D eigenvalue weighted by molar-refractivity contribution is 1.20. The molecule has 1 rings (SSSR count). The van der Waals surface area contributed by atoms with Crippen LogP contribution in [0.25, 0.3) is 0 Å². The molecule has 1 aromatic carbocycles. The Hall–Kier alpha value is -1.50. The summed E-state index contributed by atoms with van der Waals surface area (Å²) in [5, 5.41) is 3.31. The molecule has 0 aliphatic rings. The van der Waals surface area contributed by atoms with Crippen molar-refractivity contribution in [2.24, 2.45) is 0 Å². The topological polar surface area (TPSA) is 12.0 Å². The van der Waals surface area contributed by atoms with Gasteiger partial charge in [-0.1, -0.05) is 31.7 Å². The normalized spacial score (nSPS) is 11.1. The third-order valence-corrected chi connectivity index (χ3v) is 1.95. The molecule has 74 valence electrons. The van der Waals surface area contributed by atoms with Gasteiger partial charge in [0.25, 0.3) is 0 Å². The minimum Gasteiger partial charge on any atom is -0.356 e. The van der Waals surface area contributed by atoms with Gasteiger partial charge in [-0.15, -0.1) is 0 Å². The molecule has 0 heterocycles. The summed E-state index contributed by atoms with van der Waals surface area (Å²) in [6.45, 7) is 7.97. The average molecular weight is 187 g/mol. The number of anilines is 1. The van der Waals surface area contributed by atoms with Crippen molar-refractivity contribution >= 4 is 5.69 Å². The largest absolute Gasteiger partial charge is 0.356 e. The maximum Gasteiger partial charge on any atom is 0.0386 e. The monoisotopic (exact) mass is 187 g/mol. The lowest BCUT2D eigenvalue weighted by atomic mass is 10.2. The Bertz CT molecular complexity index is 337. The van der Waals surface area contributed by atoms with Crippen LogP contribution in [0.4, 0.5) is 5.69 Å². The van der Waals surface area contributed by atoms with Gasteiger partial charge in [-0.2, -0.15) is 0 Å². The van der Waals surface area contributed by atoms with Gasteiger partial charge in [0.05, 0.1) is 0 Å². The lowest BCUT2D eigenvalue weighted by Crippen LogP contribution is -1.96. The third kappa shape index (κ3) is 3.09. The minimum atomic E-state index is 1.01. The molecule has 14 heavy (non-hydrogen) atoms. The van der Waals surface area contributed by atoms with Crippen LogP contribution in [0, 0.1) is 6.92 Å². The van der Waals surface area contributed by atoms with Crippen molar-refractivity contribution in [2.45, 2.75) is 20.3 Å². The van der Waals surface area contributed by atoms with Crippen LogP contribution in [0.1, 0.15) is 18.9 Å². The van der Waals surface area contributed by atoms with Gasteiger partial charge in [0.2, 0.25) is 0 Å². The van der Waals surface area contributed by atoms with Crippen LogP contribution < -0.4 is 5.32 Å². The summed E-state index contributed by atoms with van der Waals surface area (Å²) in [6.07, 6.45) is 4.97. The van der Waals surface area contributed by atoms with Crippen molar-refractivity contribution < 1.29 is 0 Å². The average Bonchev–Trinajstić information content (AvgIpc) is 2.17. The molecule has 0 amide bonds. The number of hydrogen-bond donors (Lipinski definition) is 1. The quantitative estimate of drug-likeness (QED) is 0.705. The molecule has 1 nitrogen and oxygen atoms in total. The zero-order valence-electron chi connectivity index (χ0n) is 8.88. The predicted molar refractivity (Wildman–Crippen MR) is 63.4 cm³/mol. The molecular formula is C13H17N. The van der Waals surface area contributed by atoms with Crippen LogP contribution in [-0.2, 0) is 0 Å². The summed E-state index contributed by atoms with van der Waals surface area (Å²) < 4.78 is 0. The fourth-order valence-corrected chi connectivity index (χ4v) is 1.29. The van der Waals surface area contributed by atoms with Gasteiger partial charge >= 0.3 is 0 Å². The molecule has 0 fully saturated rings. The molecule has 0 saturated heterocycles. The maximum atomic E-state index is 3.77. The van der Waals surface area contributed by atoms with Gasteiger partial charge in [-0.25, -0.2) is 0 Å². The van der Waals surface area contributed by atoms with Crippen molar-refractivity contribution in [2.75, 3.05) is 5.32 Å². The lowest BCUT2D eigenvalue weighted by Gasteiger charge is -2.07. The molecule has 0 unspecified atom stereocenters. The molecule has 0 aliphatic carbocycles. The predicted octanol–water partition coefficient (Wildman–Crippen LogP) is 3.89. The first-order chi connectivity index (χ1) is 6.76. The highest BCUT2D eigenvalue weighted by Gasteiger charge is 1.93. The van der Waals surface area contributed by atoms with E-state index in [9.17, 15) is 0 Å². The molecule has 0 radical (unpaired) electrons. The highest BCUT2D eigenvalue weighted by atomic mass is 14.9. The SMILES string of the molecule is C=C/C(=C/CC)Nc1cccc(C)c1. The number of allylic oxidation sites excluding steroid dienone is 2. The van der Waals surface area contributed by atoms with E-state index >= 15 is 0 Å². The molecular weight excluding hydrogens is 170 g/mol. The van der Waals surface area contributed by atoms with Gasteiger partial charge in [-0.3, -0.25) is 0 Å². The third-order valence-electron chi connectivity index (χ3n) is 1.95. The molecule has 0 atom stereocenters. The molecule has 0 aliphatic heterocycles. The Morgan fingerprint density at radius 3 is 2.86 bits per heavy atom. The summed E-state index contributed by atoms with van der Waals surface area (Å²) in [6, 6.07) is 8.31. The summed E-state index contributed by atoms with van der Waals surface area (Å²) in [5.74, 6) is 0. The van der Waals surface area contributed by atoms with Gasteiger partial charge in [0.1, 0.15) is 0 Å². The number of nitrogens with one attached hydrogen (secondary N) is 1. The molecule has 0 spiro atoms. The van der Waals surface area contributed by atoms with Crippen LogP contribution in [0.2, 0.25) is 0 Å². The second-order valence-corrected chi connectivity index (χ2v) is 3.27. The second kappa shape index (κ2) is 5.28. The van der Waals surface area contributed by atoms with Gasteiger partial charge in [0.15, 0.2) is 0 Å². The van der Waals surface area contributed by atoms with Gasteiger partial charge in [-0.05, 0) is 37.1 Å². The van der Waals surface area contributed by atoms with E-state index in [1.165, 1.54) is 5.56 Å². The summed E-state index contributed by atoms with van der Waals surface area (Å²) >= 11 is 0. The highest BCUT2D eigenvalue weighted by Crippen LogP contribution is 2.12. The van der Waals surface area contributed by atoms with Crippen LogP contribution in [0.15, 0.2) is 48.7 Å². The first-order valence-corrected chi connectivity index (χ1v) is 4.92. The van der Waals surface area contributed by atoms with E-state index in [1.54, 1.807) is 0 Å². The summed E-state index contributed by atoms with van der Waals surface area (Å²) in [4.78, 5) is 0. The molecule has 1 heteroatoms. The zero-order valence-corrected chi connectivity index (χ0v) is 8.88. The number of benzene rings is 1. The Morgan fingerprint density at radius 2 is 2.29 bits per heavy atom. The highest BCUT2D eigenvalue weighted by molar-refractivity contribution is 5.51. The summed E-state index contributed by atoms with van der Waals surface area (Å²) in [7, 11) is 0. The van der Waals surface area contributed by atoms with E-state index in [0.29, 0.717) is 0 Å². The molecule has 1 N–H and O–H groups in total. The fraction of sp³-hybridized carbons (Fsp3) is 0.231. The van der Waals surface area contributed by atoms with Crippen LogP contribution in [-0.4, -0.2) is 0 Å². The van der Waals surface area contributed by atoms with Crippen molar-refractivity contribution in [3.8, 4) is 0 Å². The zero-order chi connectivity index (χ0) is 10.4. The van der Waals surface area contributed by atoms with E-state index in [4.69, 9.17) is 0 Å². The summed E-state index contributed by atoms with van der Waals surface area (Å²) in [5.41, 5.74) is 3.44. The van der Waals surface area contributed by atoms with E-state index in [0.717, 1.165) is 17.8 Å². The molecule has 1 aromatic rings. The van der Waals surface area contributed by atoms with E-state index in [-0.39, 0.29) is 0 Å². The van der Waals surface area contributed by atoms with Crippen molar-refractivity contribution in [1.82, 2.24) is 0 Å². The van der Waals surface area contributed by atoms with Gasteiger partial charge in [0, 0.05) is 11.4 Å². The molecule has 0 bridgehead atoms. The van der Waals surface area contributed by atoms with E-state index in [2.05, 4.69) is 50.0 Å². The first kappa shape index (κ1) is 10.6. The molecule has 0 saturated carbocycles. The molecule has 0 aromatic heterocycles. The second-order valence-electron chi connectivity index (χ2n) is 3.27. The van der Waals surface area contributed by atoms with Crippen molar-refractivity contribution in [3.05, 3.63) is 54.3 Å². The van der Waals surface area contributed by atoms with Crippen LogP contribution in [0.5, 0.6) is 0 Å².